The van der Waals surface area contributed by atoms with Crippen molar-refractivity contribution >= 4 is 11.8 Å². The van der Waals surface area contributed by atoms with E-state index in [4.69, 9.17) is 0 Å². The summed E-state index contributed by atoms with van der Waals surface area (Å²) in [4.78, 5) is 29.5. The Morgan fingerprint density at radius 3 is 2.38 bits per heavy atom. The molecule has 2 saturated carbocycles. The van der Waals surface area contributed by atoms with E-state index in [2.05, 4.69) is 20.2 Å². The number of aromatic nitrogens is 2. The number of carbonyl (C=O) groups is 2. The lowest BCUT2D eigenvalue weighted by Gasteiger charge is -2.30. The van der Waals surface area contributed by atoms with Gasteiger partial charge in [0, 0.05) is 49.3 Å². The van der Waals surface area contributed by atoms with Crippen LogP contribution in [0.4, 0.5) is 0 Å². The van der Waals surface area contributed by atoms with E-state index >= 15 is 0 Å². The molecule has 2 amide bonds. The Balaban J connectivity index is 1.54. The van der Waals surface area contributed by atoms with Crippen molar-refractivity contribution in [2.45, 2.75) is 65.3 Å². The summed E-state index contributed by atoms with van der Waals surface area (Å²) in [5.74, 6) is 0.798. The van der Waals surface area contributed by atoms with Crippen LogP contribution < -0.4 is 10.6 Å². The van der Waals surface area contributed by atoms with Crippen LogP contribution in [0.25, 0.3) is 0 Å². The van der Waals surface area contributed by atoms with Crippen molar-refractivity contribution < 1.29 is 9.59 Å². The van der Waals surface area contributed by atoms with E-state index < -0.39 is 0 Å². The van der Waals surface area contributed by atoms with E-state index in [1.807, 2.05) is 26.2 Å². The number of aryl methyl sites for hydroxylation is 1. The zero-order valence-corrected chi connectivity index (χ0v) is 16.1. The summed E-state index contributed by atoms with van der Waals surface area (Å²) in [6.45, 7) is 6.35. The molecule has 1 heterocycles. The topological polar surface area (TPSA) is 76.0 Å². The maximum atomic E-state index is 12.8. The molecule has 3 rings (SSSR count). The molecule has 0 aromatic carbocycles. The number of nitrogens with zero attached hydrogens (tertiary/aromatic N) is 2. The molecule has 0 spiro atoms. The number of carbonyl (C=O) groups excluding carboxylic acids is 2. The van der Waals surface area contributed by atoms with Gasteiger partial charge in [-0.05, 0) is 39.0 Å². The van der Waals surface area contributed by atoms with Gasteiger partial charge < -0.3 is 15.2 Å². The fourth-order valence-corrected chi connectivity index (χ4v) is 4.04. The first-order valence-corrected chi connectivity index (χ1v) is 10.1. The second kappa shape index (κ2) is 8.23. The summed E-state index contributed by atoms with van der Waals surface area (Å²) in [5, 5.41) is 6.15. The Morgan fingerprint density at radius 1 is 1.19 bits per heavy atom. The molecule has 2 N–H and O–H groups in total. The van der Waals surface area contributed by atoms with Crippen LogP contribution >= 0.6 is 0 Å². The first-order chi connectivity index (χ1) is 12.5. The summed E-state index contributed by atoms with van der Waals surface area (Å²) in [7, 11) is 0. The van der Waals surface area contributed by atoms with Crippen molar-refractivity contribution in [3.8, 4) is 0 Å². The van der Waals surface area contributed by atoms with Crippen molar-refractivity contribution in [2.24, 2.45) is 17.3 Å². The largest absolute Gasteiger partial charge is 0.356 e. The molecular weight excluding hydrogens is 328 g/mol. The van der Waals surface area contributed by atoms with E-state index in [-0.39, 0.29) is 29.1 Å². The highest BCUT2D eigenvalue weighted by atomic mass is 16.2. The monoisotopic (exact) mass is 360 g/mol. The van der Waals surface area contributed by atoms with Gasteiger partial charge in [0.15, 0.2) is 0 Å². The number of amides is 2. The molecule has 0 unspecified atom stereocenters. The molecule has 0 saturated heterocycles. The van der Waals surface area contributed by atoms with E-state index in [1.165, 1.54) is 0 Å². The zero-order valence-electron chi connectivity index (χ0n) is 16.1. The van der Waals surface area contributed by atoms with E-state index in [0.29, 0.717) is 13.1 Å². The third-order valence-electron chi connectivity index (χ3n) is 6.01. The standard InChI is InChI=1S/C20H32N4O2/c1-3-10-22-18(25)16-6-4-5-7-17(16)19(26)23-13-20(8-9-20)14-24-12-11-21-15(24)2/h11-12,16-17H,3-10,13-14H2,1-2H3,(H,22,25)(H,23,26)/t16-,17+/m1/s1. The van der Waals surface area contributed by atoms with Crippen LogP contribution in [0.3, 0.4) is 0 Å². The zero-order chi connectivity index (χ0) is 18.6. The van der Waals surface area contributed by atoms with Gasteiger partial charge in [0.25, 0.3) is 0 Å². The third kappa shape index (κ3) is 4.46. The summed E-state index contributed by atoms with van der Waals surface area (Å²) in [6, 6.07) is 0. The van der Waals surface area contributed by atoms with Crippen LogP contribution in [0.5, 0.6) is 0 Å². The molecule has 6 nitrogen and oxygen atoms in total. The van der Waals surface area contributed by atoms with Gasteiger partial charge in [0.1, 0.15) is 5.82 Å². The predicted molar refractivity (Wildman–Crippen MR) is 100 cm³/mol. The molecule has 6 heteroatoms. The molecule has 26 heavy (non-hydrogen) atoms. The van der Waals surface area contributed by atoms with E-state index in [0.717, 1.165) is 57.3 Å². The van der Waals surface area contributed by atoms with Crippen LogP contribution in [-0.4, -0.2) is 34.5 Å². The maximum Gasteiger partial charge on any atom is 0.223 e. The highest BCUT2D eigenvalue weighted by Gasteiger charge is 2.44. The van der Waals surface area contributed by atoms with Gasteiger partial charge in [0.05, 0.1) is 0 Å². The molecule has 1 aromatic heterocycles. The second-order valence-corrected chi connectivity index (χ2v) is 8.11. The highest BCUT2D eigenvalue weighted by Crippen LogP contribution is 2.46. The van der Waals surface area contributed by atoms with Crippen LogP contribution in [0.2, 0.25) is 0 Å². The van der Waals surface area contributed by atoms with Gasteiger partial charge >= 0.3 is 0 Å². The molecule has 144 valence electrons. The molecule has 0 radical (unpaired) electrons. The second-order valence-electron chi connectivity index (χ2n) is 8.11. The molecule has 0 aliphatic heterocycles. The minimum Gasteiger partial charge on any atom is -0.356 e. The maximum absolute atomic E-state index is 12.8. The van der Waals surface area contributed by atoms with Crippen molar-refractivity contribution in [2.75, 3.05) is 13.1 Å². The molecule has 1 aromatic rings. The average molecular weight is 361 g/mol. The first-order valence-electron chi connectivity index (χ1n) is 10.1. The molecule has 2 atom stereocenters. The number of imidazole rings is 1. The van der Waals surface area contributed by atoms with Gasteiger partial charge in [-0.1, -0.05) is 19.8 Å². The fourth-order valence-electron chi connectivity index (χ4n) is 4.04. The fraction of sp³-hybridized carbons (Fsp3) is 0.750. The number of hydrogen-bond acceptors (Lipinski definition) is 3. The summed E-state index contributed by atoms with van der Waals surface area (Å²) in [5.41, 5.74) is 0.162. The first kappa shape index (κ1) is 18.9. The van der Waals surface area contributed by atoms with Gasteiger partial charge in [-0.15, -0.1) is 0 Å². The summed E-state index contributed by atoms with van der Waals surface area (Å²) in [6.07, 6.45) is 10.7. The quantitative estimate of drug-likeness (QED) is 0.747. The minimum absolute atomic E-state index is 0.0573. The number of nitrogens with one attached hydrogen (secondary N) is 2. The summed E-state index contributed by atoms with van der Waals surface area (Å²) < 4.78 is 2.17. The molecule has 2 aliphatic carbocycles. The van der Waals surface area contributed by atoms with Crippen LogP contribution in [0.15, 0.2) is 12.4 Å². The minimum atomic E-state index is -0.175. The van der Waals surface area contributed by atoms with Crippen molar-refractivity contribution in [1.29, 1.82) is 0 Å². The van der Waals surface area contributed by atoms with E-state index in [1.54, 1.807) is 0 Å². The Labute approximate surface area is 156 Å². The SMILES string of the molecule is CCCNC(=O)[C@@H]1CCCC[C@@H]1C(=O)NCC1(Cn2ccnc2C)CC1. The normalized spacial score (nSPS) is 24.1. The Kier molecular flexibility index (Phi) is 5.99. The Bertz CT molecular complexity index is 636. The van der Waals surface area contributed by atoms with Crippen LogP contribution in [-0.2, 0) is 16.1 Å². The number of rotatable bonds is 8. The van der Waals surface area contributed by atoms with Crippen molar-refractivity contribution in [1.82, 2.24) is 20.2 Å². The average Bonchev–Trinajstić information content (AvgIpc) is 3.31. The highest BCUT2D eigenvalue weighted by molar-refractivity contribution is 5.87. The lowest BCUT2D eigenvalue weighted by molar-refractivity contribution is -0.136. The van der Waals surface area contributed by atoms with Crippen molar-refractivity contribution in [3.05, 3.63) is 18.2 Å². The molecule has 0 bridgehead atoms. The van der Waals surface area contributed by atoms with Crippen molar-refractivity contribution in [3.63, 3.8) is 0 Å². The van der Waals surface area contributed by atoms with Gasteiger partial charge in [-0.2, -0.15) is 0 Å². The Hall–Kier alpha value is -1.85. The molecular formula is C20H32N4O2. The summed E-state index contributed by atoms with van der Waals surface area (Å²) >= 11 is 0. The lowest BCUT2D eigenvalue weighted by atomic mass is 9.78. The van der Waals surface area contributed by atoms with E-state index in [9.17, 15) is 9.59 Å². The third-order valence-corrected chi connectivity index (χ3v) is 6.01. The smallest absolute Gasteiger partial charge is 0.223 e. The molecule has 2 fully saturated rings. The Morgan fingerprint density at radius 2 is 1.85 bits per heavy atom. The van der Waals surface area contributed by atoms with Gasteiger partial charge in [-0.3, -0.25) is 9.59 Å². The molecule has 2 aliphatic rings. The van der Waals surface area contributed by atoms with Gasteiger partial charge in [0.2, 0.25) is 11.8 Å². The van der Waals surface area contributed by atoms with Crippen LogP contribution in [0.1, 0.15) is 57.7 Å². The van der Waals surface area contributed by atoms with Gasteiger partial charge in [-0.25, -0.2) is 4.98 Å². The lowest BCUT2D eigenvalue weighted by Crippen LogP contribution is -2.45. The number of hydrogen-bond donors (Lipinski definition) is 2. The van der Waals surface area contributed by atoms with Crippen LogP contribution in [0, 0.1) is 24.2 Å². The predicted octanol–water partition coefficient (Wildman–Crippen LogP) is 2.42.